The molecule has 1 heteroatoms. The SMILES string of the molecule is C=CNCCCCCCCCCCCCCCC. The largest absolute Gasteiger partial charge is 0.391 e. The molecule has 0 bridgehead atoms. The van der Waals surface area contributed by atoms with E-state index in [1.807, 2.05) is 0 Å². The highest BCUT2D eigenvalue weighted by atomic mass is 14.8. The molecule has 0 amide bonds. The van der Waals surface area contributed by atoms with Crippen LogP contribution in [0.4, 0.5) is 0 Å². The van der Waals surface area contributed by atoms with Gasteiger partial charge < -0.3 is 5.32 Å². The van der Waals surface area contributed by atoms with Crippen molar-refractivity contribution in [2.75, 3.05) is 6.54 Å². The quantitative estimate of drug-likeness (QED) is 0.363. The average Bonchev–Trinajstić information content (AvgIpc) is 2.39. The zero-order valence-corrected chi connectivity index (χ0v) is 12.7. The van der Waals surface area contributed by atoms with Crippen molar-refractivity contribution in [1.29, 1.82) is 0 Å². The van der Waals surface area contributed by atoms with Crippen LogP contribution in [0.5, 0.6) is 0 Å². The second-order valence-corrected chi connectivity index (χ2v) is 5.40. The molecule has 0 fully saturated rings. The maximum atomic E-state index is 3.65. The Morgan fingerprint density at radius 1 is 0.667 bits per heavy atom. The summed E-state index contributed by atoms with van der Waals surface area (Å²) >= 11 is 0. The van der Waals surface area contributed by atoms with E-state index >= 15 is 0 Å². The summed E-state index contributed by atoms with van der Waals surface area (Å²) in [6.45, 7) is 7.03. The lowest BCUT2D eigenvalue weighted by Crippen LogP contribution is -2.05. The van der Waals surface area contributed by atoms with Crippen LogP contribution in [0.1, 0.15) is 90.4 Å². The summed E-state index contributed by atoms with van der Waals surface area (Å²) in [5.74, 6) is 0. The van der Waals surface area contributed by atoms with Gasteiger partial charge in [-0.1, -0.05) is 90.6 Å². The molecular formula is C17H35N. The Morgan fingerprint density at radius 3 is 1.44 bits per heavy atom. The first kappa shape index (κ1) is 17.5. The lowest BCUT2D eigenvalue weighted by atomic mass is 10.0. The molecule has 0 aromatic heterocycles. The zero-order valence-electron chi connectivity index (χ0n) is 12.7. The van der Waals surface area contributed by atoms with Gasteiger partial charge in [0.1, 0.15) is 0 Å². The highest BCUT2D eigenvalue weighted by molar-refractivity contribution is 4.62. The van der Waals surface area contributed by atoms with Crippen LogP contribution in [0.25, 0.3) is 0 Å². The Balaban J connectivity index is 2.88. The number of nitrogens with one attached hydrogen (secondary N) is 1. The van der Waals surface area contributed by atoms with Gasteiger partial charge in [0.25, 0.3) is 0 Å². The summed E-state index contributed by atoms with van der Waals surface area (Å²) < 4.78 is 0. The maximum absolute atomic E-state index is 3.65. The van der Waals surface area contributed by atoms with Gasteiger partial charge in [-0.2, -0.15) is 0 Å². The standard InChI is InChI=1S/C17H35N/c1-3-5-6-7-8-9-10-11-12-13-14-15-16-17-18-4-2/h4,18H,2-3,5-17H2,1H3. The number of hydrogen-bond donors (Lipinski definition) is 1. The minimum absolute atomic E-state index is 1.10. The number of hydrogen-bond acceptors (Lipinski definition) is 1. The molecule has 18 heavy (non-hydrogen) atoms. The fourth-order valence-corrected chi connectivity index (χ4v) is 2.35. The fourth-order valence-electron chi connectivity index (χ4n) is 2.35. The summed E-state index contributed by atoms with van der Waals surface area (Å²) in [5, 5.41) is 3.15. The lowest BCUT2D eigenvalue weighted by molar-refractivity contribution is 0.538. The molecule has 0 radical (unpaired) electrons. The molecule has 1 N–H and O–H groups in total. The van der Waals surface area contributed by atoms with Gasteiger partial charge in [-0.15, -0.1) is 0 Å². The Labute approximate surface area is 115 Å². The van der Waals surface area contributed by atoms with Gasteiger partial charge in [0, 0.05) is 6.54 Å². The molecule has 0 atom stereocenters. The first-order valence-electron chi connectivity index (χ1n) is 8.26. The van der Waals surface area contributed by atoms with E-state index in [4.69, 9.17) is 0 Å². The second-order valence-electron chi connectivity index (χ2n) is 5.40. The maximum Gasteiger partial charge on any atom is 0.0141 e. The molecule has 108 valence electrons. The van der Waals surface area contributed by atoms with Gasteiger partial charge in [0.15, 0.2) is 0 Å². The summed E-state index contributed by atoms with van der Waals surface area (Å²) in [5.41, 5.74) is 0. The molecule has 0 heterocycles. The average molecular weight is 253 g/mol. The third-order valence-electron chi connectivity index (χ3n) is 3.57. The summed E-state index contributed by atoms with van der Waals surface area (Å²) in [6, 6.07) is 0. The van der Waals surface area contributed by atoms with E-state index in [1.54, 1.807) is 6.20 Å². The predicted octanol–water partition coefficient (Wildman–Crippen LogP) is 5.81. The smallest absolute Gasteiger partial charge is 0.0141 e. The molecule has 0 unspecified atom stereocenters. The third kappa shape index (κ3) is 15.5. The topological polar surface area (TPSA) is 12.0 Å². The van der Waals surface area contributed by atoms with Gasteiger partial charge in [-0.05, 0) is 12.6 Å². The third-order valence-corrected chi connectivity index (χ3v) is 3.57. The van der Waals surface area contributed by atoms with E-state index in [-0.39, 0.29) is 0 Å². The van der Waals surface area contributed by atoms with Crippen molar-refractivity contribution in [3.05, 3.63) is 12.8 Å². The van der Waals surface area contributed by atoms with E-state index in [0.29, 0.717) is 0 Å². The van der Waals surface area contributed by atoms with Gasteiger partial charge in [0.2, 0.25) is 0 Å². The number of rotatable bonds is 15. The number of unbranched alkanes of at least 4 members (excludes halogenated alkanes) is 12. The van der Waals surface area contributed by atoms with E-state index < -0.39 is 0 Å². The van der Waals surface area contributed by atoms with Crippen molar-refractivity contribution in [2.45, 2.75) is 90.4 Å². The van der Waals surface area contributed by atoms with E-state index in [2.05, 4.69) is 18.8 Å². The van der Waals surface area contributed by atoms with Gasteiger partial charge in [0.05, 0.1) is 0 Å². The zero-order chi connectivity index (χ0) is 13.3. The summed E-state index contributed by atoms with van der Waals surface area (Å²) in [7, 11) is 0. The molecule has 0 aliphatic rings. The van der Waals surface area contributed by atoms with E-state index in [1.165, 1.54) is 83.5 Å². The lowest BCUT2D eigenvalue weighted by Gasteiger charge is -2.03. The van der Waals surface area contributed by atoms with Crippen LogP contribution in [-0.2, 0) is 0 Å². The van der Waals surface area contributed by atoms with Crippen molar-refractivity contribution in [3.8, 4) is 0 Å². The van der Waals surface area contributed by atoms with Crippen molar-refractivity contribution in [1.82, 2.24) is 5.32 Å². The van der Waals surface area contributed by atoms with Gasteiger partial charge in [-0.3, -0.25) is 0 Å². The van der Waals surface area contributed by atoms with Crippen molar-refractivity contribution in [2.24, 2.45) is 0 Å². The monoisotopic (exact) mass is 253 g/mol. The second kappa shape index (κ2) is 16.5. The van der Waals surface area contributed by atoms with Crippen LogP contribution in [0, 0.1) is 0 Å². The van der Waals surface area contributed by atoms with Gasteiger partial charge >= 0.3 is 0 Å². The Morgan fingerprint density at radius 2 is 1.06 bits per heavy atom. The molecular weight excluding hydrogens is 218 g/mol. The van der Waals surface area contributed by atoms with E-state index in [9.17, 15) is 0 Å². The predicted molar refractivity (Wildman–Crippen MR) is 83.9 cm³/mol. The van der Waals surface area contributed by atoms with Crippen LogP contribution in [-0.4, -0.2) is 6.54 Å². The summed E-state index contributed by atoms with van der Waals surface area (Å²) in [4.78, 5) is 0. The first-order chi connectivity index (χ1) is 8.91. The Bertz CT molecular complexity index is 154. The molecule has 1 nitrogen and oxygen atoms in total. The Kier molecular flexibility index (Phi) is 16.1. The highest BCUT2D eigenvalue weighted by Gasteiger charge is 1.93. The molecule has 0 rings (SSSR count). The normalized spacial score (nSPS) is 10.5. The molecule has 0 saturated carbocycles. The minimum atomic E-state index is 1.10. The van der Waals surface area contributed by atoms with Crippen LogP contribution in [0.3, 0.4) is 0 Å². The molecule has 0 spiro atoms. The highest BCUT2D eigenvalue weighted by Crippen LogP contribution is 2.12. The summed E-state index contributed by atoms with van der Waals surface area (Å²) in [6.07, 6.45) is 20.3. The van der Waals surface area contributed by atoms with Crippen molar-refractivity contribution >= 4 is 0 Å². The first-order valence-corrected chi connectivity index (χ1v) is 8.26. The van der Waals surface area contributed by atoms with Crippen LogP contribution < -0.4 is 5.32 Å². The van der Waals surface area contributed by atoms with Crippen molar-refractivity contribution < 1.29 is 0 Å². The van der Waals surface area contributed by atoms with Gasteiger partial charge in [-0.25, -0.2) is 0 Å². The molecule has 0 saturated heterocycles. The Hall–Kier alpha value is -0.460. The molecule has 0 aromatic rings. The van der Waals surface area contributed by atoms with Crippen LogP contribution in [0.2, 0.25) is 0 Å². The molecule has 0 aromatic carbocycles. The van der Waals surface area contributed by atoms with Crippen LogP contribution in [0.15, 0.2) is 12.8 Å². The van der Waals surface area contributed by atoms with Crippen LogP contribution >= 0.6 is 0 Å². The molecule has 0 aliphatic heterocycles. The van der Waals surface area contributed by atoms with Crippen molar-refractivity contribution in [3.63, 3.8) is 0 Å². The fraction of sp³-hybridized carbons (Fsp3) is 0.882. The minimum Gasteiger partial charge on any atom is -0.391 e. The molecule has 0 aliphatic carbocycles. The van der Waals surface area contributed by atoms with E-state index in [0.717, 1.165) is 6.54 Å².